The fourth-order valence-electron chi connectivity index (χ4n) is 2.51. The standard InChI is InChI=1S/C18H16O3/c1-11-7-16(19)15-10-14(18(20)21-17(15)8-11)9-13-6-4-3-5-12(13)2/h3-8,10,19H,9H2,1-2H3. The monoisotopic (exact) mass is 280 g/mol. The molecule has 0 atom stereocenters. The van der Waals surface area contributed by atoms with Gasteiger partial charge in [-0.15, -0.1) is 0 Å². The maximum Gasteiger partial charge on any atom is 0.339 e. The van der Waals surface area contributed by atoms with Crippen LogP contribution in [0.1, 0.15) is 22.3 Å². The molecule has 1 heterocycles. The Balaban J connectivity index is 2.14. The molecule has 3 rings (SSSR count). The van der Waals surface area contributed by atoms with Gasteiger partial charge in [-0.1, -0.05) is 24.3 Å². The molecule has 106 valence electrons. The van der Waals surface area contributed by atoms with Crippen LogP contribution < -0.4 is 5.63 Å². The average molecular weight is 280 g/mol. The van der Waals surface area contributed by atoms with Crippen molar-refractivity contribution >= 4 is 11.0 Å². The molecular formula is C18H16O3. The lowest BCUT2D eigenvalue weighted by Gasteiger charge is -2.07. The Bertz CT molecular complexity index is 875. The van der Waals surface area contributed by atoms with Gasteiger partial charge in [-0.2, -0.15) is 0 Å². The molecule has 0 bridgehead atoms. The van der Waals surface area contributed by atoms with Gasteiger partial charge in [-0.05, 0) is 48.7 Å². The van der Waals surface area contributed by atoms with Crippen LogP contribution in [0.15, 0.2) is 51.7 Å². The first-order chi connectivity index (χ1) is 10.0. The van der Waals surface area contributed by atoms with E-state index in [1.165, 1.54) is 0 Å². The number of benzene rings is 2. The molecule has 0 spiro atoms. The fourth-order valence-corrected chi connectivity index (χ4v) is 2.51. The Morgan fingerprint density at radius 2 is 1.81 bits per heavy atom. The number of phenols is 1. The first-order valence-corrected chi connectivity index (χ1v) is 6.85. The predicted octanol–water partition coefficient (Wildman–Crippen LogP) is 3.71. The molecule has 21 heavy (non-hydrogen) atoms. The van der Waals surface area contributed by atoms with E-state index in [1.807, 2.05) is 38.1 Å². The first-order valence-electron chi connectivity index (χ1n) is 6.85. The minimum absolute atomic E-state index is 0.139. The van der Waals surface area contributed by atoms with Gasteiger partial charge in [0.25, 0.3) is 0 Å². The van der Waals surface area contributed by atoms with E-state index in [2.05, 4.69) is 0 Å². The van der Waals surface area contributed by atoms with Gasteiger partial charge in [-0.3, -0.25) is 0 Å². The fraction of sp³-hybridized carbons (Fsp3) is 0.167. The van der Waals surface area contributed by atoms with Gasteiger partial charge in [0.05, 0.1) is 5.39 Å². The zero-order valence-electron chi connectivity index (χ0n) is 12.0. The molecule has 0 aliphatic carbocycles. The molecule has 1 N–H and O–H groups in total. The summed E-state index contributed by atoms with van der Waals surface area (Å²) in [4.78, 5) is 12.1. The van der Waals surface area contributed by atoms with Gasteiger partial charge in [0.15, 0.2) is 0 Å². The van der Waals surface area contributed by atoms with Crippen LogP contribution >= 0.6 is 0 Å². The maximum atomic E-state index is 12.1. The van der Waals surface area contributed by atoms with E-state index in [9.17, 15) is 9.90 Å². The van der Waals surface area contributed by atoms with Crippen molar-refractivity contribution in [3.05, 3.63) is 75.1 Å². The summed E-state index contributed by atoms with van der Waals surface area (Å²) in [6.45, 7) is 3.86. The molecule has 0 radical (unpaired) electrons. The van der Waals surface area contributed by atoms with E-state index in [1.54, 1.807) is 18.2 Å². The van der Waals surface area contributed by atoms with Gasteiger partial charge < -0.3 is 9.52 Å². The highest BCUT2D eigenvalue weighted by atomic mass is 16.4. The summed E-state index contributed by atoms with van der Waals surface area (Å²) in [6, 6.07) is 13.1. The Hall–Kier alpha value is -2.55. The highest BCUT2D eigenvalue weighted by molar-refractivity contribution is 5.84. The number of phenolic OH excluding ortho intramolecular Hbond substituents is 1. The summed E-state index contributed by atoms with van der Waals surface area (Å²) in [6.07, 6.45) is 0.498. The highest BCUT2D eigenvalue weighted by Gasteiger charge is 2.10. The lowest BCUT2D eigenvalue weighted by atomic mass is 10.0. The molecular weight excluding hydrogens is 264 g/mol. The van der Waals surface area contributed by atoms with Gasteiger partial charge in [0, 0.05) is 12.0 Å². The zero-order valence-corrected chi connectivity index (χ0v) is 12.0. The van der Waals surface area contributed by atoms with Gasteiger partial charge in [-0.25, -0.2) is 4.79 Å². The van der Waals surface area contributed by atoms with E-state index >= 15 is 0 Å². The number of rotatable bonds is 2. The molecule has 0 fully saturated rings. The lowest BCUT2D eigenvalue weighted by Crippen LogP contribution is -2.08. The van der Waals surface area contributed by atoms with Crippen LogP contribution in [-0.4, -0.2) is 5.11 Å². The van der Waals surface area contributed by atoms with Crippen molar-refractivity contribution in [2.75, 3.05) is 0 Å². The lowest BCUT2D eigenvalue weighted by molar-refractivity contribution is 0.478. The van der Waals surface area contributed by atoms with Crippen LogP contribution in [0.4, 0.5) is 0 Å². The van der Waals surface area contributed by atoms with E-state index in [-0.39, 0.29) is 11.4 Å². The van der Waals surface area contributed by atoms with Crippen LogP contribution in [0.5, 0.6) is 5.75 Å². The van der Waals surface area contributed by atoms with Crippen molar-refractivity contribution in [1.82, 2.24) is 0 Å². The normalized spacial score (nSPS) is 11.0. The second-order valence-electron chi connectivity index (χ2n) is 5.36. The van der Waals surface area contributed by atoms with Crippen molar-refractivity contribution in [2.24, 2.45) is 0 Å². The summed E-state index contributed by atoms with van der Waals surface area (Å²) in [5.74, 6) is 0.139. The summed E-state index contributed by atoms with van der Waals surface area (Å²) in [5, 5.41) is 10.6. The molecule has 3 nitrogen and oxygen atoms in total. The van der Waals surface area contributed by atoms with Crippen molar-refractivity contribution in [3.8, 4) is 5.75 Å². The van der Waals surface area contributed by atoms with Crippen LogP contribution in [0, 0.1) is 13.8 Å². The molecule has 3 heteroatoms. The van der Waals surface area contributed by atoms with Crippen molar-refractivity contribution in [1.29, 1.82) is 0 Å². The molecule has 3 aromatic rings. The Morgan fingerprint density at radius 1 is 1.05 bits per heavy atom. The topological polar surface area (TPSA) is 50.4 Å². The third kappa shape index (κ3) is 2.55. The molecule has 0 amide bonds. The third-order valence-corrected chi connectivity index (χ3v) is 3.69. The van der Waals surface area contributed by atoms with Crippen LogP contribution in [0.2, 0.25) is 0 Å². The molecule has 0 saturated heterocycles. The quantitative estimate of drug-likeness (QED) is 0.728. The second kappa shape index (κ2) is 5.09. The molecule has 2 aromatic carbocycles. The zero-order chi connectivity index (χ0) is 15.0. The number of aryl methyl sites for hydroxylation is 2. The van der Waals surface area contributed by atoms with E-state index in [4.69, 9.17) is 4.42 Å². The number of hydrogen-bond acceptors (Lipinski definition) is 3. The Labute approximate surface area is 122 Å². The smallest absolute Gasteiger partial charge is 0.339 e. The molecule has 0 aliphatic heterocycles. The van der Waals surface area contributed by atoms with Gasteiger partial charge >= 0.3 is 5.63 Å². The van der Waals surface area contributed by atoms with E-state index in [0.717, 1.165) is 16.7 Å². The Morgan fingerprint density at radius 3 is 2.57 bits per heavy atom. The number of fused-ring (bicyclic) bond motifs is 1. The minimum atomic E-state index is -0.351. The summed E-state index contributed by atoms with van der Waals surface area (Å²) < 4.78 is 5.35. The van der Waals surface area contributed by atoms with Crippen LogP contribution in [0.25, 0.3) is 11.0 Å². The predicted molar refractivity (Wildman–Crippen MR) is 82.9 cm³/mol. The van der Waals surface area contributed by atoms with E-state index < -0.39 is 0 Å². The highest BCUT2D eigenvalue weighted by Crippen LogP contribution is 2.26. The Kier molecular flexibility index (Phi) is 3.26. The largest absolute Gasteiger partial charge is 0.507 e. The summed E-state index contributed by atoms with van der Waals surface area (Å²) in [5.41, 5.74) is 3.69. The third-order valence-electron chi connectivity index (χ3n) is 3.69. The minimum Gasteiger partial charge on any atom is -0.507 e. The number of hydrogen-bond donors (Lipinski definition) is 1. The van der Waals surface area contributed by atoms with Crippen LogP contribution in [-0.2, 0) is 6.42 Å². The van der Waals surface area contributed by atoms with Crippen molar-refractivity contribution in [3.63, 3.8) is 0 Å². The average Bonchev–Trinajstić information content (AvgIpc) is 2.42. The summed E-state index contributed by atoms with van der Waals surface area (Å²) in [7, 11) is 0. The molecule has 1 aromatic heterocycles. The van der Waals surface area contributed by atoms with Gasteiger partial charge in [0.1, 0.15) is 11.3 Å². The first kappa shape index (κ1) is 13.4. The van der Waals surface area contributed by atoms with Crippen molar-refractivity contribution in [2.45, 2.75) is 20.3 Å². The van der Waals surface area contributed by atoms with Crippen LogP contribution in [0.3, 0.4) is 0 Å². The van der Waals surface area contributed by atoms with Gasteiger partial charge in [0.2, 0.25) is 0 Å². The van der Waals surface area contributed by atoms with Crippen molar-refractivity contribution < 1.29 is 9.52 Å². The van der Waals surface area contributed by atoms with E-state index in [0.29, 0.717) is 23.0 Å². The molecule has 0 saturated carbocycles. The second-order valence-corrected chi connectivity index (χ2v) is 5.36. The summed E-state index contributed by atoms with van der Waals surface area (Å²) >= 11 is 0. The SMILES string of the molecule is Cc1cc(O)c2cc(Cc3ccccc3C)c(=O)oc2c1. The maximum absolute atomic E-state index is 12.1. The molecule has 0 aliphatic rings. The number of aromatic hydroxyl groups is 1. The molecule has 0 unspecified atom stereocenters.